The Kier molecular flexibility index (Phi) is 3.53. The predicted octanol–water partition coefficient (Wildman–Crippen LogP) is 10.1. The maximum Gasteiger partial charge on any atom is 0.160 e. The molecule has 0 bridgehead atoms. The molecule has 2 aromatic heterocycles. The van der Waals surface area contributed by atoms with Crippen molar-refractivity contribution in [3.05, 3.63) is 115 Å². The Bertz CT molecular complexity index is 2150. The van der Waals surface area contributed by atoms with E-state index < -0.39 is 0 Å². The quantitative estimate of drug-likeness (QED) is 0.256. The molecule has 0 saturated carbocycles. The number of rotatable bonds is 3. The van der Waals surface area contributed by atoms with E-state index in [4.69, 9.17) is 8.83 Å². The number of anilines is 3. The number of benzene rings is 6. The summed E-state index contributed by atoms with van der Waals surface area (Å²) in [6.07, 6.45) is 0. The molecule has 0 amide bonds. The fourth-order valence-electron chi connectivity index (χ4n) is 6.29. The van der Waals surface area contributed by atoms with Crippen LogP contribution in [0.2, 0.25) is 0 Å². The van der Waals surface area contributed by atoms with Crippen molar-refractivity contribution < 1.29 is 8.83 Å². The molecule has 8 aromatic rings. The lowest BCUT2D eigenvalue weighted by atomic mass is 9.98. The smallest absolute Gasteiger partial charge is 0.160 e. The lowest BCUT2D eigenvalue weighted by molar-refractivity contribution is 0.669. The van der Waals surface area contributed by atoms with Gasteiger partial charge < -0.3 is 13.7 Å². The molecular formula is C34H19NO2. The molecule has 2 heterocycles. The Morgan fingerprint density at radius 2 is 1.03 bits per heavy atom. The predicted molar refractivity (Wildman–Crippen MR) is 152 cm³/mol. The van der Waals surface area contributed by atoms with Crippen LogP contribution in [0.25, 0.3) is 65.8 Å². The van der Waals surface area contributed by atoms with E-state index in [9.17, 15) is 0 Å². The molecule has 0 radical (unpaired) electrons. The Hall–Kier alpha value is -5.02. The summed E-state index contributed by atoms with van der Waals surface area (Å²) in [5.41, 5.74) is 9.19. The molecule has 37 heavy (non-hydrogen) atoms. The maximum absolute atomic E-state index is 6.77. The van der Waals surface area contributed by atoms with E-state index in [1.54, 1.807) is 0 Å². The molecule has 0 aliphatic heterocycles. The van der Waals surface area contributed by atoms with Crippen molar-refractivity contribution in [1.29, 1.82) is 0 Å². The average molecular weight is 474 g/mol. The van der Waals surface area contributed by atoms with Crippen molar-refractivity contribution in [3.63, 3.8) is 0 Å². The van der Waals surface area contributed by atoms with Gasteiger partial charge in [-0.15, -0.1) is 0 Å². The van der Waals surface area contributed by atoms with Crippen molar-refractivity contribution in [3.8, 4) is 11.1 Å². The van der Waals surface area contributed by atoms with E-state index in [2.05, 4.69) is 120 Å². The van der Waals surface area contributed by atoms with Gasteiger partial charge in [0.05, 0.1) is 5.69 Å². The van der Waals surface area contributed by atoms with Gasteiger partial charge in [0.1, 0.15) is 16.7 Å². The minimum absolute atomic E-state index is 0.886. The summed E-state index contributed by atoms with van der Waals surface area (Å²) < 4.78 is 13.1. The molecule has 0 atom stereocenters. The molecule has 0 unspecified atom stereocenters. The van der Waals surface area contributed by atoms with E-state index in [0.717, 1.165) is 44.8 Å². The standard InChI is InChI=1S/C34H19NO2/c1-3-9-21(10-4-1)35(22-11-5-2-6-12-22)25-19-20-17-18-28-32-29(20)33-31-24(14-8-16-27(31)37-34(25)33)23-13-7-15-26(36-28)30(23)32/h1-19H. The first-order valence-electron chi connectivity index (χ1n) is 12.5. The molecular weight excluding hydrogens is 454 g/mol. The van der Waals surface area contributed by atoms with Crippen molar-refractivity contribution in [2.75, 3.05) is 4.90 Å². The molecule has 3 nitrogen and oxygen atoms in total. The highest BCUT2D eigenvalue weighted by Gasteiger charge is 2.28. The Morgan fingerprint density at radius 3 is 1.70 bits per heavy atom. The molecule has 0 spiro atoms. The number of hydrogen-bond donors (Lipinski definition) is 0. The van der Waals surface area contributed by atoms with Gasteiger partial charge in [0.25, 0.3) is 0 Å². The molecule has 6 aromatic carbocycles. The van der Waals surface area contributed by atoms with Crippen molar-refractivity contribution >= 4 is 71.7 Å². The van der Waals surface area contributed by atoms with E-state index >= 15 is 0 Å². The zero-order valence-electron chi connectivity index (χ0n) is 19.7. The number of para-hydroxylation sites is 2. The first-order valence-corrected chi connectivity index (χ1v) is 12.5. The van der Waals surface area contributed by atoms with Crippen molar-refractivity contribution in [2.24, 2.45) is 0 Å². The van der Waals surface area contributed by atoms with Crippen LogP contribution in [0.4, 0.5) is 17.1 Å². The molecule has 3 heteroatoms. The fraction of sp³-hybridized carbons (Fsp3) is 0. The van der Waals surface area contributed by atoms with Crippen molar-refractivity contribution in [2.45, 2.75) is 0 Å². The number of furan rings is 2. The molecule has 1 aliphatic rings. The summed E-state index contributed by atoms with van der Waals surface area (Å²) in [5.74, 6) is 0. The molecule has 0 N–H and O–H groups in total. The van der Waals surface area contributed by atoms with Gasteiger partial charge in [0.15, 0.2) is 5.58 Å². The van der Waals surface area contributed by atoms with E-state index in [1.165, 1.54) is 38.1 Å². The van der Waals surface area contributed by atoms with Gasteiger partial charge in [-0.2, -0.15) is 0 Å². The lowest BCUT2D eigenvalue weighted by Crippen LogP contribution is -2.10. The number of fused-ring (bicyclic) bond motifs is 1. The van der Waals surface area contributed by atoms with Gasteiger partial charge in [-0.1, -0.05) is 66.7 Å². The second-order valence-electron chi connectivity index (χ2n) is 9.70. The van der Waals surface area contributed by atoms with Gasteiger partial charge in [-0.25, -0.2) is 0 Å². The number of nitrogens with zero attached hydrogens (tertiary/aromatic N) is 1. The average Bonchev–Trinajstić information content (AvgIpc) is 3.49. The summed E-state index contributed by atoms with van der Waals surface area (Å²) in [7, 11) is 0. The SMILES string of the molecule is c1ccc(N(c2ccccc2)c2cc3ccc4oc5cccc6c5c4c3c3c2oc2cccc-6c23)cc1. The topological polar surface area (TPSA) is 29.5 Å². The third-order valence-electron chi connectivity index (χ3n) is 7.75. The maximum atomic E-state index is 6.77. The summed E-state index contributed by atoms with van der Waals surface area (Å²) in [4.78, 5) is 2.30. The zero-order valence-corrected chi connectivity index (χ0v) is 19.7. The van der Waals surface area contributed by atoms with Gasteiger partial charge in [-0.05, 0) is 65.0 Å². The summed E-state index contributed by atoms with van der Waals surface area (Å²) in [6.45, 7) is 0. The van der Waals surface area contributed by atoms with Gasteiger partial charge in [-0.3, -0.25) is 0 Å². The molecule has 0 saturated heterocycles. The largest absolute Gasteiger partial charge is 0.456 e. The first-order chi connectivity index (χ1) is 18.4. The van der Waals surface area contributed by atoms with Gasteiger partial charge >= 0.3 is 0 Å². The number of hydrogen-bond acceptors (Lipinski definition) is 3. The molecule has 9 rings (SSSR count). The zero-order chi connectivity index (χ0) is 24.1. The van der Waals surface area contributed by atoms with Crippen LogP contribution in [-0.2, 0) is 0 Å². The highest BCUT2D eigenvalue weighted by atomic mass is 16.3. The lowest BCUT2D eigenvalue weighted by Gasteiger charge is -2.26. The van der Waals surface area contributed by atoms with Gasteiger partial charge in [0, 0.05) is 38.3 Å². The highest BCUT2D eigenvalue weighted by molar-refractivity contribution is 6.38. The third-order valence-corrected chi connectivity index (χ3v) is 7.75. The fourth-order valence-corrected chi connectivity index (χ4v) is 6.29. The van der Waals surface area contributed by atoms with Gasteiger partial charge in [0.2, 0.25) is 0 Å². The van der Waals surface area contributed by atoms with E-state index in [-0.39, 0.29) is 0 Å². The van der Waals surface area contributed by atoms with Crippen LogP contribution in [0.5, 0.6) is 0 Å². The van der Waals surface area contributed by atoms with Crippen LogP contribution < -0.4 is 4.90 Å². The summed E-state index contributed by atoms with van der Waals surface area (Å²) in [6, 6.07) is 40.3. The Labute approximate surface area is 211 Å². The summed E-state index contributed by atoms with van der Waals surface area (Å²) in [5, 5.41) is 7.05. The van der Waals surface area contributed by atoms with Crippen LogP contribution in [-0.4, -0.2) is 0 Å². The third kappa shape index (κ3) is 2.41. The van der Waals surface area contributed by atoms with E-state index in [0.29, 0.717) is 0 Å². The van der Waals surface area contributed by atoms with Crippen LogP contribution in [0.1, 0.15) is 0 Å². The monoisotopic (exact) mass is 473 g/mol. The minimum atomic E-state index is 0.886. The van der Waals surface area contributed by atoms with E-state index in [1.807, 2.05) is 0 Å². The van der Waals surface area contributed by atoms with Crippen LogP contribution in [0.15, 0.2) is 124 Å². The molecule has 172 valence electrons. The van der Waals surface area contributed by atoms with Crippen LogP contribution in [0, 0.1) is 0 Å². The van der Waals surface area contributed by atoms with Crippen molar-refractivity contribution in [1.82, 2.24) is 0 Å². The second-order valence-corrected chi connectivity index (χ2v) is 9.70. The Balaban J connectivity index is 1.54. The second kappa shape index (κ2) is 6.80. The summed E-state index contributed by atoms with van der Waals surface area (Å²) >= 11 is 0. The minimum Gasteiger partial charge on any atom is -0.456 e. The molecule has 0 fully saturated rings. The molecule has 1 aliphatic carbocycles. The normalized spacial score (nSPS) is 12.3. The van der Waals surface area contributed by atoms with Crippen LogP contribution >= 0.6 is 0 Å². The highest BCUT2D eigenvalue weighted by Crippen LogP contribution is 2.53. The first kappa shape index (κ1) is 19.2. The van der Waals surface area contributed by atoms with Crippen LogP contribution in [0.3, 0.4) is 0 Å². The Morgan fingerprint density at radius 1 is 0.432 bits per heavy atom.